The number of piperidine rings is 1. The molecular weight excluding hydrogens is 216 g/mol. The standard InChI is InChI=1S/C9H20N2O3S/c1-8(12)9-2-5-11(6-3-9)15(13,14)7-4-10/h8-9,12H,2-7,10H2,1H3. The maximum Gasteiger partial charge on any atom is 0.215 e. The quantitative estimate of drug-likeness (QED) is 0.680. The van der Waals surface area contributed by atoms with Crippen LogP contribution in [-0.2, 0) is 10.0 Å². The van der Waals surface area contributed by atoms with Gasteiger partial charge >= 0.3 is 0 Å². The van der Waals surface area contributed by atoms with Crippen LogP contribution in [-0.4, -0.2) is 49.3 Å². The molecule has 15 heavy (non-hydrogen) atoms. The van der Waals surface area contributed by atoms with Crippen LogP contribution in [0, 0.1) is 5.92 Å². The fourth-order valence-electron chi connectivity index (χ4n) is 1.91. The first-order valence-electron chi connectivity index (χ1n) is 5.33. The molecule has 1 aliphatic rings. The summed E-state index contributed by atoms with van der Waals surface area (Å²) >= 11 is 0. The Bertz CT molecular complexity index is 282. The molecule has 6 heteroatoms. The van der Waals surface area contributed by atoms with E-state index in [0.29, 0.717) is 13.1 Å². The number of nitrogens with two attached hydrogens (primary N) is 1. The number of nitrogens with zero attached hydrogens (tertiary/aromatic N) is 1. The SMILES string of the molecule is CC(O)C1CCN(S(=O)(=O)CCN)CC1. The molecule has 3 N–H and O–H groups in total. The number of hydrogen-bond acceptors (Lipinski definition) is 4. The van der Waals surface area contributed by atoms with E-state index in [1.807, 2.05) is 0 Å². The van der Waals surface area contributed by atoms with Crippen molar-refractivity contribution in [3.8, 4) is 0 Å². The molecule has 0 spiro atoms. The Balaban J connectivity index is 2.50. The zero-order chi connectivity index (χ0) is 11.5. The lowest BCUT2D eigenvalue weighted by atomic mass is 9.93. The molecule has 0 aliphatic carbocycles. The van der Waals surface area contributed by atoms with Crippen molar-refractivity contribution in [3.63, 3.8) is 0 Å². The molecule has 1 aliphatic heterocycles. The maximum atomic E-state index is 11.6. The van der Waals surface area contributed by atoms with Gasteiger partial charge in [-0.3, -0.25) is 0 Å². The average Bonchev–Trinajstić information content (AvgIpc) is 2.18. The van der Waals surface area contributed by atoms with Gasteiger partial charge in [0.15, 0.2) is 0 Å². The van der Waals surface area contributed by atoms with Gasteiger partial charge in [-0.2, -0.15) is 0 Å². The maximum absolute atomic E-state index is 11.6. The third kappa shape index (κ3) is 3.41. The smallest absolute Gasteiger partial charge is 0.215 e. The molecule has 0 saturated carbocycles. The third-order valence-corrected chi connectivity index (χ3v) is 4.85. The van der Waals surface area contributed by atoms with Crippen molar-refractivity contribution >= 4 is 10.0 Å². The van der Waals surface area contributed by atoms with Gasteiger partial charge in [0.05, 0.1) is 11.9 Å². The molecule has 0 bridgehead atoms. The predicted octanol–water partition coefficient (Wildman–Crippen LogP) is -0.632. The lowest BCUT2D eigenvalue weighted by molar-refractivity contribution is 0.0912. The molecule has 1 rings (SSSR count). The minimum Gasteiger partial charge on any atom is -0.393 e. The van der Waals surface area contributed by atoms with Crippen molar-refractivity contribution in [3.05, 3.63) is 0 Å². The molecule has 1 atom stereocenters. The second-order valence-electron chi connectivity index (χ2n) is 4.08. The fraction of sp³-hybridized carbons (Fsp3) is 1.00. The van der Waals surface area contributed by atoms with Crippen LogP contribution in [0.5, 0.6) is 0 Å². The molecule has 0 aromatic carbocycles. The van der Waals surface area contributed by atoms with Crippen LogP contribution in [0.25, 0.3) is 0 Å². The van der Waals surface area contributed by atoms with Crippen LogP contribution in [0.4, 0.5) is 0 Å². The summed E-state index contributed by atoms with van der Waals surface area (Å²) in [7, 11) is -3.16. The Kier molecular flexibility index (Phi) is 4.51. The van der Waals surface area contributed by atoms with Gasteiger partial charge in [-0.05, 0) is 25.7 Å². The van der Waals surface area contributed by atoms with E-state index < -0.39 is 10.0 Å². The van der Waals surface area contributed by atoms with Gasteiger partial charge in [-0.15, -0.1) is 0 Å². The van der Waals surface area contributed by atoms with Crippen LogP contribution in [0.3, 0.4) is 0 Å². The summed E-state index contributed by atoms with van der Waals surface area (Å²) in [5.74, 6) is 0.251. The number of hydrogen-bond donors (Lipinski definition) is 2. The molecule has 5 nitrogen and oxygen atoms in total. The summed E-state index contributed by atoms with van der Waals surface area (Å²) < 4.78 is 24.8. The second kappa shape index (κ2) is 5.25. The summed E-state index contributed by atoms with van der Waals surface area (Å²) in [6.45, 7) is 2.95. The first-order chi connectivity index (χ1) is 6.97. The molecular formula is C9H20N2O3S. The second-order valence-corrected chi connectivity index (χ2v) is 6.17. The lowest BCUT2D eigenvalue weighted by Crippen LogP contribution is -2.42. The average molecular weight is 236 g/mol. The minimum atomic E-state index is -3.16. The van der Waals surface area contributed by atoms with Crippen molar-refractivity contribution in [1.82, 2.24) is 4.31 Å². The van der Waals surface area contributed by atoms with E-state index in [-0.39, 0.29) is 24.3 Å². The van der Waals surface area contributed by atoms with Crippen LogP contribution in [0.2, 0.25) is 0 Å². The van der Waals surface area contributed by atoms with Gasteiger partial charge in [-0.1, -0.05) is 0 Å². The highest BCUT2D eigenvalue weighted by Crippen LogP contribution is 2.22. The molecule has 90 valence electrons. The molecule has 1 heterocycles. The molecule has 1 fully saturated rings. The van der Waals surface area contributed by atoms with Crippen LogP contribution in [0.15, 0.2) is 0 Å². The van der Waals surface area contributed by atoms with Crippen molar-refractivity contribution in [1.29, 1.82) is 0 Å². The summed E-state index contributed by atoms with van der Waals surface area (Å²) in [4.78, 5) is 0. The first kappa shape index (κ1) is 12.9. The Morgan fingerprint density at radius 3 is 2.40 bits per heavy atom. The largest absolute Gasteiger partial charge is 0.393 e. The highest BCUT2D eigenvalue weighted by Gasteiger charge is 2.28. The Morgan fingerprint density at radius 1 is 1.47 bits per heavy atom. The van der Waals surface area contributed by atoms with E-state index in [1.54, 1.807) is 6.92 Å². The molecule has 1 saturated heterocycles. The normalized spacial score (nSPS) is 22.9. The van der Waals surface area contributed by atoms with E-state index in [9.17, 15) is 13.5 Å². The summed E-state index contributed by atoms with van der Waals surface area (Å²) in [6, 6.07) is 0. The van der Waals surface area contributed by atoms with Gasteiger partial charge in [0.2, 0.25) is 10.0 Å². The third-order valence-electron chi connectivity index (χ3n) is 2.95. The highest BCUT2D eigenvalue weighted by atomic mass is 32.2. The molecule has 0 aromatic heterocycles. The zero-order valence-electron chi connectivity index (χ0n) is 9.09. The Morgan fingerprint density at radius 2 is 2.00 bits per heavy atom. The van der Waals surface area contributed by atoms with E-state index in [1.165, 1.54) is 4.31 Å². The van der Waals surface area contributed by atoms with Crippen LogP contribution in [0.1, 0.15) is 19.8 Å². The van der Waals surface area contributed by atoms with Crippen molar-refractivity contribution < 1.29 is 13.5 Å². The van der Waals surface area contributed by atoms with Gasteiger partial charge in [0, 0.05) is 19.6 Å². The van der Waals surface area contributed by atoms with Gasteiger partial charge in [0.1, 0.15) is 0 Å². The topological polar surface area (TPSA) is 83.6 Å². The number of aliphatic hydroxyl groups is 1. The minimum absolute atomic E-state index is 0.0202. The highest BCUT2D eigenvalue weighted by molar-refractivity contribution is 7.89. The van der Waals surface area contributed by atoms with Gasteiger partial charge in [0.25, 0.3) is 0 Å². The van der Waals surface area contributed by atoms with E-state index in [2.05, 4.69) is 0 Å². The van der Waals surface area contributed by atoms with E-state index in [4.69, 9.17) is 5.73 Å². The summed E-state index contributed by atoms with van der Waals surface area (Å²) in [5.41, 5.74) is 5.25. The Labute approximate surface area is 91.3 Å². The van der Waals surface area contributed by atoms with Crippen molar-refractivity contribution in [2.24, 2.45) is 11.7 Å². The molecule has 0 amide bonds. The fourth-order valence-corrected chi connectivity index (χ4v) is 3.24. The Hall–Kier alpha value is -0.170. The molecule has 0 radical (unpaired) electrons. The molecule has 1 unspecified atom stereocenters. The van der Waals surface area contributed by atoms with Gasteiger partial charge < -0.3 is 10.8 Å². The molecule has 0 aromatic rings. The first-order valence-corrected chi connectivity index (χ1v) is 6.94. The van der Waals surface area contributed by atoms with Gasteiger partial charge in [-0.25, -0.2) is 12.7 Å². The van der Waals surface area contributed by atoms with E-state index >= 15 is 0 Å². The lowest BCUT2D eigenvalue weighted by Gasteiger charge is -2.32. The zero-order valence-corrected chi connectivity index (χ0v) is 9.91. The number of sulfonamides is 1. The number of rotatable bonds is 4. The monoisotopic (exact) mass is 236 g/mol. The van der Waals surface area contributed by atoms with Crippen molar-refractivity contribution in [2.45, 2.75) is 25.9 Å². The van der Waals surface area contributed by atoms with Crippen molar-refractivity contribution in [2.75, 3.05) is 25.4 Å². The summed E-state index contributed by atoms with van der Waals surface area (Å²) in [5, 5.41) is 9.38. The van der Waals surface area contributed by atoms with Crippen LogP contribution >= 0.6 is 0 Å². The summed E-state index contributed by atoms with van der Waals surface area (Å²) in [6.07, 6.45) is 1.13. The van der Waals surface area contributed by atoms with Crippen LogP contribution < -0.4 is 5.73 Å². The van der Waals surface area contributed by atoms with E-state index in [0.717, 1.165) is 12.8 Å². The predicted molar refractivity (Wildman–Crippen MR) is 58.8 cm³/mol. The number of aliphatic hydroxyl groups excluding tert-OH is 1.